The minimum atomic E-state index is -0.297. The normalized spacial score (nSPS) is 15.7. The molecule has 0 spiro atoms. The van der Waals surface area contributed by atoms with Crippen LogP contribution in [0.1, 0.15) is 11.1 Å². The van der Waals surface area contributed by atoms with Crippen LogP contribution >= 0.6 is 0 Å². The molecule has 2 aromatic rings. The second-order valence-electron chi connectivity index (χ2n) is 6.08. The summed E-state index contributed by atoms with van der Waals surface area (Å²) < 4.78 is 26.6. The van der Waals surface area contributed by atoms with Crippen LogP contribution in [-0.2, 0) is 11.3 Å². The van der Waals surface area contributed by atoms with Gasteiger partial charge in [-0.3, -0.25) is 9.69 Å². The van der Waals surface area contributed by atoms with Gasteiger partial charge in [-0.05, 0) is 29.8 Å². The van der Waals surface area contributed by atoms with E-state index in [1.165, 1.54) is 24.3 Å². The Bertz CT molecular complexity index is 751. The average molecular weight is 342 g/mol. The maximum atomic E-state index is 13.7. The lowest BCUT2D eigenvalue weighted by Crippen LogP contribution is -2.47. The molecule has 0 unspecified atom stereocenters. The molecular formula is C20H20F2N2O. The summed E-state index contributed by atoms with van der Waals surface area (Å²) in [6.07, 6.45) is 3.20. The van der Waals surface area contributed by atoms with Crippen LogP contribution in [0.2, 0.25) is 0 Å². The highest BCUT2D eigenvalue weighted by atomic mass is 19.1. The fraction of sp³-hybridized carbons (Fsp3) is 0.250. The van der Waals surface area contributed by atoms with Crippen LogP contribution in [0.5, 0.6) is 0 Å². The molecule has 1 aliphatic heterocycles. The maximum Gasteiger partial charge on any atom is 0.246 e. The number of amides is 1. The molecule has 1 amide bonds. The number of benzene rings is 2. The van der Waals surface area contributed by atoms with Gasteiger partial charge in [0.05, 0.1) is 0 Å². The van der Waals surface area contributed by atoms with E-state index in [9.17, 15) is 13.6 Å². The highest BCUT2D eigenvalue weighted by molar-refractivity contribution is 5.91. The van der Waals surface area contributed by atoms with Crippen molar-refractivity contribution < 1.29 is 13.6 Å². The van der Waals surface area contributed by atoms with Gasteiger partial charge in [0.2, 0.25) is 5.91 Å². The second kappa shape index (κ2) is 8.03. The highest BCUT2D eigenvalue weighted by Crippen LogP contribution is 2.12. The fourth-order valence-corrected chi connectivity index (χ4v) is 2.84. The first kappa shape index (κ1) is 17.3. The Morgan fingerprint density at radius 3 is 2.32 bits per heavy atom. The maximum absolute atomic E-state index is 13.7. The van der Waals surface area contributed by atoms with Crippen molar-refractivity contribution >= 4 is 12.0 Å². The third-order valence-corrected chi connectivity index (χ3v) is 4.32. The number of hydrogen-bond acceptors (Lipinski definition) is 2. The number of hydrogen-bond donors (Lipinski definition) is 0. The zero-order valence-electron chi connectivity index (χ0n) is 13.9. The van der Waals surface area contributed by atoms with Gasteiger partial charge in [-0.2, -0.15) is 0 Å². The Kier molecular flexibility index (Phi) is 5.56. The molecule has 0 atom stereocenters. The third kappa shape index (κ3) is 4.73. The minimum Gasteiger partial charge on any atom is -0.337 e. The molecule has 0 N–H and O–H groups in total. The molecule has 0 aliphatic carbocycles. The number of carbonyl (C=O) groups excluding carboxylic acids is 1. The van der Waals surface area contributed by atoms with Gasteiger partial charge in [0.25, 0.3) is 0 Å². The van der Waals surface area contributed by atoms with Gasteiger partial charge in [-0.25, -0.2) is 8.78 Å². The van der Waals surface area contributed by atoms with E-state index in [0.717, 1.165) is 5.56 Å². The van der Waals surface area contributed by atoms with Gasteiger partial charge in [0.15, 0.2) is 0 Å². The fourth-order valence-electron chi connectivity index (χ4n) is 2.84. The molecule has 2 aromatic carbocycles. The van der Waals surface area contributed by atoms with Crippen molar-refractivity contribution in [2.24, 2.45) is 0 Å². The average Bonchev–Trinajstić information content (AvgIpc) is 2.63. The van der Waals surface area contributed by atoms with Crippen molar-refractivity contribution in [3.05, 3.63) is 77.4 Å². The monoisotopic (exact) mass is 342 g/mol. The summed E-state index contributed by atoms with van der Waals surface area (Å²) >= 11 is 0. The van der Waals surface area contributed by atoms with Crippen LogP contribution in [0.3, 0.4) is 0 Å². The molecule has 0 saturated carbocycles. The predicted molar refractivity (Wildman–Crippen MR) is 93.7 cm³/mol. The van der Waals surface area contributed by atoms with E-state index in [4.69, 9.17) is 0 Å². The van der Waals surface area contributed by atoms with E-state index >= 15 is 0 Å². The lowest BCUT2D eigenvalue weighted by molar-refractivity contribution is -0.127. The van der Waals surface area contributed by atoms with E-state index in [1.807, 2.05) is 6.07 Å². The SMILES string of the molecule is O=C(/C=C/c1ccc(F)cc1)N1CCN(Cc2ccccc2F)CC1. The Hall–Kier alpha value is -2.53. The number of piperazine rings is 1. The largest absolute Gasteiger partial charge is 0.337 e. The number of rotatable bonds is 4. The Labute approximate surface area is 146 Å². The summed E-state index contributed by atoms with van der Waals surface area (Å²) in [6, 6.07) is 12.8. The van der Waals surface area contributed by atoms with Crippen molar-refractivity contribution in [3.8, 4) is 0 Å². The molecule has 1 saturated heterocycles. The van der Waals surface area contributed by atoms with Crippen LogP contribution in [0, 0.1) is 11.6 Å². The summed E-state index contributed by atoms with van der Waals surface area (Å²) in [4.78, 5) is 16.2. The molecule has 3 nitrogen and oxygen atoms in total. The first-order chi connectivity index (χ1) is 12.1. The van der Waals surface area contributed by atoms with Gasteiger partial charge in [-0.1, -0.05) is 30.3 Å². The predicted octanol–water partition coefficient (Wildman–Crippen LogP) is 3.32. The molecule has 1 fully saturated rings. The van der Waals surface area contributed by atoms with Crippen molar-refractivity contribution in [3.63, 3.8) is 0 Å². The zero-order chi connectivity index (χ0) is 17.6. The van der Waals surface area contributed by atoms with Crippen LogP contribution in [0.15, 0.2) is 54.6 Å². The topological polar surface area (TPSA) is 23.6 Å². The van der Waals surface area contributed by atoms with Crippen LogP contribution in [0.4, 0.5) is 8.78 Å². The first-order valence-electron chi connectivity index (χ1n) is 8.30. The Morgan fingerprint density at radius 2 is 1.64 bits per heavy atom. The first-order valence-corrected chi connectivity index (χ1v) is 8.30. The van der Waals surface area contributed by atoms with E-state index in [2.05, 4.69) is 4.90 Å². The summed E-state index contributed by atoms with van der Waals surface area (Å²) in [5, 5.41) is 0. The van der Waals surface area contributed by atoms with Gasteiger partial charge >= 0.3 is 0 Å². The molecule has 1 aliphatic rings. The van der Waals surface area contributed by atoms with Gasteiger partial charge < -0.3 is 4.90 Å². The van der Waals surface area contributed by atoms with Crippen molar-refractivity contribution in [1.82, 2.24) is 9.80 Å². The molecule has 0 bridgehead atoms. The Morgan fingerprint density at radius 1 is 0.960 bits per heavy atom. The highest BCUT2D eigenvalue weighted by Gasteiger charge is 2.20. The molecular weight excluding hydrogens is 322 g/mol. The lowest BCUT2D eigenvalue weighted by Gasteiger charge is -2.34. The number of halogens is 2. The van der Waals surface area contributed by atoms with Gasteiger partial charge in [0.1, 0.15) is 11.6 Å². The zero-order valence-corrected chi connectivity index (χ0v) is 13.9. The molecule has 0 radical (unpaired) electrons. The molecule has 3 rings (SSSR count). The second-order valence-corrected chi connectivity index (χ2v) is 6.08. The third-order valence-electron chi connectivity index (χ3n) is 4.32. The summed E-state index contributed by atoms with van der Waals surface area (Å²) in [5.74, 6) is -0.549. The number of carbonyl (C=O) groups is 1. The number of nitrogens with zero attached hydrogens (tertiary/aromatic N) is 2. The molecule has 25 heavy (non-hydrogen) atoms. The Balaban J connectivity index is 1.50. The van der Waals surface area contributed by atoms with E-state index < -0.39 is 0 Å². The van der Waals surface area contributed by atoms with Crippen LogP contribution in [-0.4, -0.2) is 41.9 Å². The van der Waals surface area contributed by atoms with E-state index in [-0.39, 0.29) is 17.5 Å². The van der Waals surface area contributed by atoms with Crippen molar-refractivity contribution in [2.75, 3.05) is 26.2 Å². The summed E-state index contributed by atoms with van der Waals surface area (Å²) in [7, 11) is 0. The standard InChI is InChI=1S/C20H20F2N2O/c21-18-8-5-16(6-9-18)7-10-20(25)24-13-11-23(12-14-24)15-17-3-1-2-4-19(17)22/h1-10H,11-15H2/b10-7+. The van der Waals surface area contributed by atoms with E-state index in [0.29, 0.717) is 38.3 Å². The smallest absolute Gasteiger partial charge is 0.246 e. The molecule has 0 aromatic heterocycles. The summed E-state index contributed by atoms with van der Waals surface area (Å²) in [5.41, 5.74) is 1.46. The lowest BCUT2D eigenvalue weighted by atomic mass is 10.1. The van der Waals surface area contributed by atoms with E-state index in [1.54, 1.807) is 35.2 Å². The van der Waals surface area contributed by atoms with Crippen molar-refractivity contribution in [2.45, 2.75) is 6.54 Å². The van der Waals surface area contributed by atoms with Gasteiger partial charge in [-0.15, -0.1) is 0 Å². The van der Waals surface area contributed by atoms with Gasteiger partial charge in [0, 0.05) is 44.4 Å². The summed E-state index contributed by atoms with van der Waals surface area (Å²) in [6.45, 7) is 3.21. The minimum absolute atomic E-state index is 0.0603. The van der Waals surface area contributed by atoms with Crippen LogP contribution in [0.25, 0.3) is 6.08 Å². The molecule has 1 heterocycles. The van der Waals surface area contributed by atoms with Crippen LogP contribution < -0.4 is 0 Å². The quantitative estimate of drug-likeness (QED) is 0.796. The van der Waals surface area contributed by atoms with Crippen molar-refractivity contribution in [1.29, 1.82) is 0 Å². The molecule has 130 valence electrons. The molecule has 5 heteroatoms.